The lowest BCUT2D eigenvalue weighted by Crippen LogP contribution is -2.27. The van der Waals surface area contributed by atoms with E-state index in [4.69, 9.17) is 0 Å². The third kappa shape index (κ3) is 4.00. The first-order chi connectivity index (χ1) is 8.52. The molecule has 0 aromatic heterocycles. The molecule has 0 saturated heterocycles. The molecule has 18 heavy (non-hydrogen) atoms. The zero-order valence-corrected chi connectivity index (χ0v) is 13.1. The molecule has 0 aliphatic heterocycles. The van der Waals surface area contributed by atoms with E-state index >= 15 is 0 Å². The maximum atomic E-state index is 2.56. The molecule has 0 bridgehead atoms. The SMILES string of the molecule is CC(CC1(C)CCCCC1)CC1(C)CCCCC1. The van der Waals surface area contributed by atoms with Gasteiger partial charge in [-0.1, -0.05) is 59.3 Å². The van der Waals surface area contributed by atoms with Crippen molar-refractivity contribution >= 4 is 0 Å². The standard InChI is InChI=1S/C18H34/c1-16(14-17(2)10-6-4-7-11-17)15-18(3)12-8-5-9-13-18/h16H,4-15H2,1-3H3. The summed E-state index contributed by atoms with van der Waals surface area (Å²) in [5.74, 6) is 0.941. The Morgan fingerprint density at radius 1 is 0.667 bits per heavy atom. The minimum Gasteiger partial charge on any atom is -0.0625 e. The van der Waals surface area contributed by atoms with E-state index in [1.165, 1.54) is 77.0 Å². The Labute approximate surface area is 115 Å². The van der Waals surface area contributed by atoms with Crippen molar-refractivity contribution in [1.29, 1.82) is 0 Å². The van der Waals surface area contributed by atoms with Gasteiger partial charge in [-0.05, 0) is 55.3 Å². The monoisotopic (exact) mass is 250 g/mol. The molecule has 2 saturated carbocycles. The van der Waals surface area contributed by atoms with Gasteiger partial charge >= 0.3 is 0 Å². The van der Waals surface area contributed by atoms with E-state index < -0.39 is 0 Å². The summed E-state index contributed by atoms with van der Waals surface area (Å²) in [6.07, 6.45) is 17.9. The Bertz CT molecular complexity index is 215. The van der Waals surface area contributed by atoms with Gasteiger partial charge in [0.1, 0.15) is 0 Å². The fourth-order valence-corrected chi connectivity index (χ4v) is 4.97. The highest BCUT2D eigenvalue weighted by Gasteiger charge is 2.33. The lowest BCUT2D eigenvalue weighted by molar-refractivity contribution is 0.118. The first kappa shape index (κ1) is 14.4. The molecule has 0 unspecified atom stereocenters. The Kier molecular flexibility index (Phi) is 4.78. The summed E-state index contributed by atoms with van der Waals surface area (Å²) in [6.45, 7) is 7.65. The molecular formula is C18H34. The molecule has 0 amide bonds. The van der Waals surface area contributed by atoms with E-state index in [0.717, 1.165) is 5.92 Å². The molecule has 0 aromatic carbocycles. The predicted molar refractivity (Wildman–Crippen MR) is 80.8 cm³/mol. The zero-order valence-electron chi connectivity index (χ0n) is 13.1. The quantitative estimate of drug-likeness (QED) is 0.546. The Morgan fingerprint density at radius 3 is 1.33 bits per heavy atom. The highest BCUT2D eigenvalue weighted by molar-refractivity contribution is 4.85. The molecule has 2 fully saturated rings. The topological polar surface area (TPSA) is 0 Å². The maximum absolute atomic E-state index is 2.56. The van der Waals surface area contributed by atoms with E-state index in [2.05, 4.69) is 20.8 Å². The van der Waals surface area contributed by atoms with E-state index in [1.54, 1.807) is 0 Å². The smallest absolute Gasteiger partial charge is 0.0323 e. The molecule has 2 rings (SSSR count). The largest absolute Gasteiger partial charge is 0.0625 e. The van der Waals surface area contributed by atoms with Crippen LogP contribution in [0.5, 0.6) is 0 Å². The second-order valence-electron chi connectivity index (χ2n) is 8.26. The molecule has 0 radical (unpaired) electrons. The van der Waals surface area contributed by atoms with Gasteiger partial charge in [-0.25, -0.2) is 0 Å². The minimum absolute atomic E-state index is 0.683. The van der Waals surface area contributed by atoms with Crippen LogP contribution >= 0.6 is 0 Å². The van der Waals surface area contributed by atoms with Crippen LogP contribution in [-0.2, 0) is 0 Å². The Hall–Kier alpha value is 0. The molecule has 0 heterocycles. The summed E-state index contributed by atoms with van der Waals surface area (Å²) >= 11 is 0. The van der Waals surface area contributed by atoms with Gasteiger partial charge in [-0.2, -0.15) is 0 Å². The van der Waals surface area contributed by atoms with Crippen LogP contribution in [0, 0.1) is 16.7 Å². The molecule has 0 spiro atoms. The maximum Gasteiger partial charge on any atom is -0.0323 e. The molecule has 0 N–H and O–H groups in total. The summed E-state index contributed by atoms with van der Waals surface area (Å²) in [6, 6.07) is 0. The fourth-order valence-electron chi connectivity index (χ4n) is 4.97. The molecule has 2 aliphatic rings. The number of rotatable bonds is 4. The molecule has 2 aliphatic carbocycles. The highest BCUT2D eigenvalue weighted by Crippen LogP contribution is 2.46. The van der Waals surface area contributed by atoms with Crippen LogP contribution in [-0.4, -0.2) is 0 Å². The number of hydrogen-bond donors (Lipinski definition) is 0. The molecular weight excluding hydrogens is 216 g/mol. The molecule has 106 valence electrons. The van der Waals surface area contributed by atoms with Crippen molar-refractivity contribution in [3.05, 3.63) is 0 Å². The zero-order chi connectivity index (χ0) is 13.1. The van der Waals surface area contributed by atoms with Crippen molar-refractivity contribution in [1.82, 2.24) is 0 Å². The first-order valence-electron chi connectivity index (χ1n) is 8.52. The predicted octanol–water partition coefficient (Wildman–Crippen LogP) is 6.34. The summed E-state index contributed by atoms with van der Waals surface area (Å²) in [4.78, 5) is 0. The normalized spacial score (nSPS) is 27.3. The average molecular weight is 250 g/mol. The van der Waals surface area contributed by atoms with Gasteiger partial charge < -0.3 is 0 Å². The van der Waals surface area contributed by atoms with Crippen LogP contribution < -0.4 is 0 Å². The Morgan fingerprint density at radius 2 is 1.00 bits per heavy atom. The molecule has 0 atom stereocenters. The van der Waals surface area contributed by atoms with Crippen LogP contribution in [0.2, 0.25) is 0 Å². The summed E-state index contributed by atoms with van der Waals surface area (Å²) in [5.41, 5.74) is 1.37. The van der Waals surface area contributed by atoms with E-state index in [9.17, 15) is 0 Å². The van der Waals surface area contributed by atoms with Gasteiger partial charge in [0.25, 0.3) is 0 Å². The van der Waals surface area contributed by atoms with Crippen molar-refractivity contribution in [2.45, 2.75) is 97.8 Å². The van der Waals surface area contributed by atoms with Gasteiger partial charge in [0.2, 0.25) is 0 Å². The van der Waals surface area contributed by atoms with Crippen LogP contribution in [0.25, 0.3) is 0 Å². The second-order valence-corrected chi connectivity index (χ2v) is 8.26. The van der Waals surface area contributed by atoms with Gasteiger partial charge in [0.15, 0.2) is 0 Å². The summed E-state index contributed by atoms with van der Waals surface area (Å²) < 4.78 is 0. The molecule has 0 heteroatoms. The highest BCUT2D eigenvalue weighted by atomic mass is 14.4. The van der Waals surface area contributed by atoms with Crippen molar-refractivity contribution in [2.24, 2.45) is 16.7 Å². The lowest BCUT2D eigenvalue weighted by atomic mass is 9.65. The Balaban J connectivity index is 1.81. The second kappa shape index (κ2) is 5.97. The lowest BCUT2D eigenvalue weighted by Gasteiger charge is -2.40. The van der Waals surface area contributed by atoms with E-state index in [-0.39, 0.29) is 0 Å². The fraction of sp³-hybridized carbons (Fsp3) is 1.00. The molecule has 0 nitrogen and oxygen atoms in total. The number of hydrogen-bond acceptors (Lipinski definition) is 0. The third-order valence-electron chi connectivity index (χ3n) is 5.80. The summed E-state index contributed by atoms with van der Waals surface area (Å²) in [5, 5.41) is 0. The van der Waals surface area contributed by atoms with Gasteiger partial charge in [0, 0.05) is 0 Å². The summed E-state index contributed by atoms with van der Waals surface area (Å²) in [7, 11) is 0. The van der Waals surface area contributed by atoms with Crippen LogP contribution in [0.1, 0.15) is 97.8 Å². The van der Waals surface area contributed by atoms with Crippen molar-refractivity contribution in [3.63, 3.8) is 0 Å². The first-order valence-corrected chi connectivity index (χ1v) is 8.52. The van der Waals surface area contributed by atoms with Gasteiger partial charge in [-0.3, -0.25) is 0 Å². The van der Waals surface area contributed by atoms with Gasteiger partial charge in [0.05, 0.1) is 0 Å². The molecule has 0 aromatic rings. The van der Waals surface area contributed by atoms with Crippen LogP contribution in [0.15, 0.2) is 0 Å². The van der Waals surface area contributed by atoms with Crippen molar-refractivity contribution in [2.75, 3.05) is 0 Å². The van der Waals surface area contributed by atoms with Crippen LogP contribution in [0.4, 0.5) is 0 Å². The average Bonchev–Trinajstić information content (AvgIpc) is 2.29. The van der Waals surface area contributed by atoms with Gasteiger partial charge in [-0.15, -0.1) is 0 Å². The van der Waals surface area contributed by atoms with E-state index in [0.29, 0.717) is 10.8 Å². The van der Waals surface area contributed by atoms with Crippen molar-refractivity contribution < 1.29 is 0 Å². The van der Waals surface area contributed by atoms with Crippen molar-refractivity contribution in [3.8, 4) is 0 Å². The van der Waals surface area contributed by atoms with E-state index in [1.807, 2.05) is 0 Å². The van der Waals surface area contributed by atoms with Crippen LogP contribution in [0.3, 0.4) is 0 Å². The minimum atomic E-state index is 0.683. The third-order valence-corrected chi connectivity index (χ3v) is 5.80.